The third kappa shape index (κ3) is 4.49. The second-order valence-electron chi connectivity index (χ2n) is 6.71. The van der Waals surface area contributed by atoms with Crippen LogP contribution < -0.4 is 0 Å². The summed E-state index contributed by atoms with van der Waals surface area (Å²) in [5, 5.41) is 24.7. The van der Waals surface area contributed by atoms with Gasteiger partial charge in [-0.1, -0.05) is 30.3 Å². The molecule has 7 heteroatoms. The number of piperidine rings is 1. The maximum absolute atomic E-state index is 11.0. The van der Waals surface area contributed by atoms with Gasteiger partial charge in [-0.15, -0.1) is 0 Å². The zero-order valence-corrected chi connectivity index (χ0v) is 15.4. The molecule has 1 saturated heterocycles. The van der Waals surface area contributed by atoms with Crippen LogP contribution in [0.3, 0.4) is 0 Å². The van der Waals surface area contributed by atoms with Gasteiger partial charge in [-0.05, 0) is 38.1 Å². The van der Waals surface area contributed by atoms with Gasteiger partial charge in [0.2, 0.25) is 0 Å². The van der Waals surface area contributed by atoms with Gasteiger partial charge in [0, 0.05) is 25.8 Å². The Morgan fingerprint density at radius 3 is 2.62 bits per heavy atom. The summed E-state index contributed by atoms with van der Waals surface area (Å²) in [6.45, 7) is 2.39. The molecular weight excluding hydrogens is 332 g/mol. The Morgan fingerprint density at radius 1 is 1.38 bits per heavy atom. The average molecular weight is 360 g/mol. The number of aliphatic hydroxyl groups excluding tert-OH is 1. The highest BCUT2D eigenvalue weighted by molar-refractivity contribution is 5.32. The number of carbonyl (C=O) groups is 1. The molecular formula is C19H28N4O3. The van der Waals surface area contributed by atoms with Crippen molar-refractivity contribution >= 4 is 6.47 Å². The molecule has 3 N–H and O–H groups in total. The molecule has 0 unspecified atom stereocenters. The first kappa shape index (κ1) is 20.1. The molecule has 142 valence electrons. The normalized spacial score (nSPS) is 23.3. The quantitative estimate of drug-likeness (QED) is 0.694. The van der Waals surface area contributed by atoms with Gasteiger partial charge in [0.15, 0.2) is 0 Å². The van der Waals surface area contributed by atoms with E-state index in [1.807, 2.05) is 18.5 Å². The third-order valence-electron chi connectivity index (χ3n) is 5.13. The molecule has 0 amide bonds. The number of aromatic amines is 1. The van der Waals surface area contributed by atoms with Crippen LogP contribution in [-0.4, -0.2) is 76.5 Å². The van der Waals surface area contributed by atoms with Crippen LogP contribution in [0.25, 0.3) is 0 Å². The first-order valence-electron chi connectivity index (χ1n) is 8.73. The number of aromatic nitrogens is 2. The number of hydrogen-bond acceptors (Lipinski definition) is 5. The van der Waals surface area contributed by atoms with Gasteiger partial charge in [-0.2, -0.15) is 5.10 Å². The molecule has 0 spiro atoms. The number of likely N-dealkylation sites (N-methyl/N-ethyl adjacent to an activating group) is 1. The van der Waals surface area contributed by atoms with Crippen LogP contribution in [-0.2, 0) is 16.8 Å². The Hall–Kier alpha value is -2.22. The maximum atomic E-state index is 11.0. The zero-order chi connectivity index (χ0) is 19.0. The van der Waals surface area contributed by atoms with Crippen molar-refractivity contribution in [2.24, 2.45) is 0 Å². The number of nitrogens with zero attached hydrogens (tertiary/aromatic N) is 3. The molecule has 2 atom stereocenters. The fraction of sp³-hybridized carbons (Fsp3) is 0.474. The number of β-amino-alcohol motifs (C(OH)–C–C–N with tert-alkyl or cyclic N) is 1. The van der Waals surface area contributed by atoms with Crippen molar-refractivity contribution in [3.63, 3.8) is 0 Å². The van der Waals surface area contributed by atoms with Crippen LogP contribution in [0.15, 0.2) is 42.7 Å². The molecule has 1 fully saturated rings. The molecule has 1 aromatic heterocycles. The third-order valence-corrected chi connectivity index (χ3v) is 5.13. The molecule has 1 aliphatic heterocycles. The SMILES string of the molecule is CN(C)[C@@]1(c2ccccc2)CCN(CCc2cn[nH]c2)C[C@@H]1O.O=CO. The van der Waals surface area contributed by atoms with Crippen LogP contribution in [0, 0.1) is 0 Å². The maximum Gasteiger partial charge on any atom is 0.290 e. The number of carboxylic acid groups (broad SMARTS) is 1. The van der Waals surface area contributed by atoms with Gasteiger partial charge in [0.25, 0.3) is 6.47 Å². The fourth-order valence-electron chi connectivity index (χ4n) is 3.73. The van der Waals surface area contributed by atoms with Crippen molar-refractivity contribution in [1.29, 1.82) is 0 Å². The van der Waals surface area contributed by atoms with Crippen molar-refractivity contribution in [1.82, 2.24) is 20.0 Å². The van der Waals surface area contributed by atoms with Crippen LogP contribution in [0.4, 0.5) is 0 Å². The van der Waals surface area contributed by atoms with E-state index in [-0.39, 0.29) is 12.0 Å². The molecule has 7 nitrogen and oxygen atoms in total. The minimum Gasteiger partial charge on any atom is -0.483 e. The summed E-state index contributed by atoms with van der Waals surface area (Å²) in [5.74, 6) is 0. The van der Waals surface area contributed by atoms with E-state index in [0.29, 0.717) is 6.54 Å². The highest BCUT2D eigenvalue weighted by Crippen LogP contribution is 2.37. The van der Waals surface area contributed by atoms with Crippen LogP contribution in [0.1, 0.15) is 17.5 Å². The first-order chi connectivity index (χ1) is 12.5. The van der Waals surface area contributed by atoms with Crippen molar-refractivity contribution in [2.75, 3.05) is 33.7 Å². The molecule has 0 radical (unpaired) electrons. The lowest BCUT2D eigenvalue weighted by Crippen LogP contribution is -2.60. The fourth-order valence-corrected chi connectivity index (χ4v) is 3.73. The smallest absolute Gasteiger partial charge is 0.290 e. The standard InChI is InChI=1S/C18H26N4O.CH2O2/c1-21(2)18(16-6-4-3-5-7-16)9-11-22(14-17(18)23)10-8-15-12-19-20-13-15;2-1-3/h3-7,12-13,17,23H,8-11,14H2,1-2H3,(H,19,20);1H,(H,2,3)/t17-,18+;/m0./s1. The number of benzene rings is 1. The molecule has 0 aliphatic carbocycles. The number of nitrogens with one attached hydrogen (secondary N) is 1. The molecule has 0 bridgehead atoms. The monoisotopic (exact) mass is 360 g/mol. The van der Waals surface area contributed by atoms with E-state index < -0.39 is 6.10 Å². The van der Waals surface area contributed by atoms with Crippen molar-refractivity contribution in [3.8, 4) is 0 Å². The predicted molar refractivity (Wildman–Crippen MR) is 99.9 cm³/mol. The Kier molecular flexibility index (Phi) is 7.32. The zero-order valence-electron chi connectivity index (χ0n) is 15.4. The number of likely N-dealkylation sites (tertiary alicyclic amines) is 1. The van der Waals surface area contributed by atoms with E-state index >= 15 is 0 Å². The molecule has 2 heterocycles. The van der Waals surface area contributed by atoms with Crippen molar-refractivity contribution in [3.05, 3.63) is 53.9 Å². The molecule has 1 aromatic carbocycles. The molecule has 2 aromatic rings. The first-order valence-corrected chi connectivity index (χ1v) is 8.73. The Bertz CT molecular complexity index is 648. The summed E-state index contributed by atoms with van der Waals surface area (Å²) in [4.78, 5) is 12.9. The second kappa shape index (κ2) is 9.47. The van der Waals surface area contributed by atoms with Crippen molar-refractivity contribution < 1.29 is 15.0 Å². The minimum absolute atomic E-state index is 0.250. The number of H-pyrrole nitrogens is 1. The summed E-state index contributed by atoms with van der Waals surface area (Å²) >= 11 is 0. The van der Waals surface area contributed by atoms with E-state index in [1.165, 1.54) is 11.1 Å². The number of rotatable bonds is 5. The summed E-state index contributed by atoms with van der Waals surface area (Å²) in [6, 6.07) is 10.4. The topological polar surface area (TPSA) is 92.7 Å². The second-order valence-corrected chi connectivity index (χ2v) is 6.71. The summed E-state index contributed by atoms with van der Waals surface area (Å²) in [6.07, 6.45) is 5.29. The summed E-state index contributed by atoms with van der Waals surface area (Å²) < 4.78 is 0. The van der Waals surface area contributed by atoms with Crippen LogP contribution in [0.2, 0.25) is 0 Å². The van der Waals surface area contributed by atoms with Crippen molar-refractivity contribution in [2.45, 2.75) is 24.5 Å². The molecule has 3 rings (SSSR count). The van der Waals surface area contributed by atoms with E-state index in [0.717, 1.165) is 25.9 Å². The van der Waals surface area contributed by atoms with Gasteiger partial charge >= 0.3 is 0 Å². The van der Waals surface area contributed by atoms with E-state index in [4.69, 9.17) is 9.90 Å². The Balaban J connectivity index is 0.000000758. The molecule has 1 aliphatic rings. The minimum atomic E-state index is -0.405. The predicted octanol–water partition coefficient (Wildman–Crippen LogP) is 1.18. The van der Waals surface area contributed by atoms with E-state index in [2.05, 4.69) is 58.4 Å². The lowest BCUT2D eigenvalue weighted by atomic mass is 9.77. The Morgan fingerprint density at radius 2 is 2.08 bits per heavy atom. The van der Waals surface area contributed by atoms with Crippen LogP contribution in [0.5, 0.6) is 0 Å². The Labute approximate surface area is 154 Å². The summed E-state index contributed by atoms with van der Waals surface area (Å²) in [7, 11) is 4.13. The lowest BCUT2D eigenvalue weighted by Gasteiger charge is -2.50. The van der Waals surface area contributed by atoms with Gasteiger partial charge in [-0.3, -0.25) is 14.8 Å². The van der Waals surface area contributed by atoms with E-state index in [1.54, 1.807) is 0 Å². The number of hydrogen-bond donors (Lipinski definition) is 3. The van der Waals surface area contributed by atoms with Gasteiger partial charge in [-0.25, -0.2) is 0 Å². The number of aliphatic hydroxyl groups is 1. The van der Waals surface area contributed by atoms with Gasteiger partial charge in [0.1, 0.15) is 0 Å². The average Bonchev–Trinajstić information content (AvgIpc) is 3.15. The highest BCUT2D eigenvalue weighted by Gasteiger charge is 2.45. The molecule has 26 heavy (non-hydrogen) atoms. The highest BCUT2D eigenvalue weighted by atomic mass is 16.3. The van der Waals surface area contributed by atoms with Gasteiger partial charge < -0.3 is 15.1 Å². The summed E-state index contributed by atoms with van der Waals surface area (Å²) in [5.41, 5.74) is 2.12. The van der Waals surface area contributed by atoms with Gasteiger partial charge in [0.05, 0.1) is 17.8 Å². The van der Waals surface area contributed by atoms with Crippen LogP contribution >= 0.6 is 0 Å². The largest absolute Gasteiger partial charge is 0.483 e. The van der Waals surface area contributed by atoms with E-state index in [9.17, 15) is 5.11 Å². The molecule has 0 saturated carbocycles. The lowest BCUT2D eigenvalue weighted by molar-refractivity contribution is -0.122.